The second-order valence-corrected chi connectivity index (χ2v) is 8.44. The lowest BCUT2D eigenvalue weighted by molar-refractivity contribution is -0.123. The molecule has 0 bridgehead atoms. The number of ether oxygens (including phenoxy) is 1. The highest BCUT2D eigenvalue weighted by atomic mass is 16.5. The zero-order chi connectivity index (χ0) is 20.7. The van der Waals surface area contributed by atoms with Gasteiger partial charge in [0.25, 0.3) is 0 Å². The molecule has 5 rings (SSSR count). The molecule has 1 saturated heterocycles. The number of hydrogen-bond acceptors (Lipinski definition) is 5. The second kappa shape index (κ2) is 7.30. The Morgan fingerprint density at radius 1 is 1.27 bits per heavy atom. The summed E-state index contributed by atoms with van der Waals surface area (Å²) in [5.74, 6) is 2.81. The molecule has 0 atom stereocenters. The summed E-state index contributed by atoms with van der Waals surface area (Å²) in [6, 6.07) is 7.19. The van der Waals surface area contributed by atoms with E-state index in [2.05, 4.69) is 15.7 Å². The maximum atomic E-state index is 12.8. The minimum atomic E-state index is -0.375. The molecule has 0 unspecified atom stereocenters. The van der Waals surface area contributed by atoms with Crippen molar-refractivity contribution in [3.05, 3.63) is 35.9 Å². The van der Waals surface area contributed by atoms with Crippen LogP contribution >= 0.6 is 0 Å². The molecule has 9 nitrogen and oxygen atoms in total. The molecule has 30 heavy (non-hydrogen) atoms. The van der Waals surface area contributed by atoms with E-state index in [0.29, 0.717) is 49.7 Å². The van der Waals surface area contributed by atoms with E-state index < -0.39 is 0 Å². The number of urea groups is 1. The molecule has 2 aromatic rings. The summed E-state index contributed by atoms with van der Waals surface area (Å²) in [5, 5.41) is 10.7. The number of likely N-dealkylation sites (tertiary alicyclic amines) is 1. The Morgan fingerprint density at radius 2 is 2.03 bits per heavy atom. The maximum absolute atomic E-state index is 12.8. The molecule has 3 heterocycles. The Hall–Kier alpha value is -3.10. The molecular formula is C21H26N6O3. The summed E-state index contributed by atoms with van der Waals surface area (Å²) in [6.07, 6.45) is 4.29. The number of nitrogens with zero attached hydrogens (tertiary/aromatic N) is 4. The van der Waals surface area contributed by atoms with Gasteiger partial charge in [0.15, 0.2) is 5.82 Å². The van der Waals surface area contributed by atoms with Crippen LogP contribution in [0.1, 0.15) is 43.3 Å². The van der Waals surface area contributed by atoms with Crippen LogP contribution in [0.5, 0.6) is 5.75 Å². The smallest absolute Gasteiger partial charge is 0.321 e. The zero-order valence-corrected chi connectivity index (χ0v) is 17.1. The van der Waals surface area contributed by atoms with Crippen molar-refractivity contribution in [3.63, 3.8) is 0 Å². The van der Waals surface area contributed by atoms with Crippen LogP contribution in [0.2, 0.25) is 0 Å². The van der Waals surface area contributed by atoms with Crippen molar-refractivity contribution in [2.45, 2.75) is 50.1 Å². The molecular weight excluding hydrogens is 384 g/mol. The number of para-hydroxylation sites is 2. The number of piperidine rings is 1. The number of anilines is 1. The van der Waals surface area contributed by atoms with Gasteiger partial charge in [0.1, 0.15) is 18.1 Å². The van der Waals surface area contributed by atoms with Crippen molar-refractivity contribution < 1.29 is 14.3 Å². The molecule has 9 heteroatoms. The fraction of sp³-hybridized carbons (Fsp3) is 0.524. The summed E-state index contributed by atoms with van der Waals surface area (Å²) < 4.78 is 7.07. The minimum absolute atomic E-state index is 0.0343. The van der Waals surface area contributed by atoms with Gasteiger partial charge in [0.2, 0.25) is 5.91 Å². The van der Waals surface area contributed by atoms with E-state index in [4.69, 9.17) is 9.72 Å². The van der Waals surface area contributed by atoms with Crippen LogP contribution in [-0.2, 0) is 17.8 Å². The van der Waals surface area contributed by atoms with Crippen molar-refractivity contribution in [2.75, 3.05) is 25.5 Å². The number of aromatic nitrogens is 3. The van der Waals surface area contributed by atoms with E-state index in [-0.39, 0.29) is 24.0 Å². The predicted molar refractivity (Wildman–Crippen MR) is 109 cm³/mol. The van der Waals surface area contributed by atoms with E-state index in [1.54, 1.807) is 16.7 Å². The molecule has 2 aliphatic heterocycles. The number of fused-ring (bicyclic) bond motifs is 1. The number of nitrogens with one attached hydrogen (secondary N) is 2. The molecule has 0 radical (unpaired) electrons. The highest BCUT2D eigenvalue weighted by Gasteiger charge is 2.41. The summed E-state index contributed by atoms with van der Waals surface area (Å²) in [5.41, 5.74) is 0.272. The van der Waals surface area contributed by atoms with E-state index >= 15 is 0 Å². The Balaban J connectivity index is 1.27. The molecule has 1 aromatic heterocycles. The number of methoxy groups -OCH3 is 1. The van der Waals surface area contributed by atoms with Gasteiger partial charge in [-0.05, 0) is 37.8 Å². The number of rotatable bonds is 3. The third-order valence-corrected chi connectivity index (χ3v) is 6.26. The Kier molecular flexibility index (Phi) is 4.60. The van der Waals surface area contributed by atoms with E-state index in [1.165, 1.54) is 0 Å². The average Bonchev–Trinajstić information content (AvgIpc) is 3.53. The van der Waals surface area contributed by atoms with Crippen LogP contribution < -0.4 is 15.4 Å². The fourth-order valence-electron chi connectivity index (χ4n) is 4.37. The van der Waals surface area contributed by atoms with Gasteiger partial charge in [-0.1, -0.05) is 12.1 Å². The zero-order valence-electron chi connectivity index (χ0n) is 17.1. The summed E-state index contributed by atoms with van der Waals surface area (Å²) in [4.78, 5) is 31.8. The Bertz CT molecular complexity index is 975. The number of benzene rings is 1. The first kappa shape index (κ1) is 18.9. The van der Waals surface area contributed by atoms with Gasteiger partial charge in [-0.15, -0.1) is 0 Å². The molecule has 158 valence electrons. The van der Waals surface area contributed by atoms with Crippen LogP contribution in [0.3, 0.4) is 0 Å². The predicted octanol–water partition coefficient (Wildman–Crippen LogP) is 1.90. The van der Waals surface area contributed by atoms with Crippen molar-refractivity contribution in [1.82, 2.24) is 25.0 Å². The first-order valence-corrected chi connectivity index (χ1v) is 10.5. The lowest BCUT2D eigenvalue weighted by Gasteiger charge is -2.41. The second-order valence-electron chi connectivity index (χ2n) is 8.44. The van der Waals surface area contributed by atoms with Gasteiger partial charge < -0.3 is 20.3 Å². The number of amides is 3. The van der Waals surface area contributed by atoms with Crippen LogP contribution in [-0.4, -0.2) is 57.3 Å². The van der Waals surface area contributed by atoms with Gasteiger partial charge >= 0.3 is 6.03 Å². The summed E-state index contributed by atoms with van der Waals surface area (Å²) in [6.45, 7) is 1.34. The molecule has 1 aromatic carbocycles. The van der Waals surface area contributed by atoms with Gasteiger partial charge in [-0.3, -0.25) is 4.79 Å². The van der Waals surface area contributed by atoms with Gasteiger partial charge in [0, 0.05) is 25.4 Å². The number of hydrogen-bond donors (Lipinski definition) is 2. The lowest BCUT2D eigenvalue weighted by Crippen LogP contribution is -2.57. The van der Waals surface area contributed by atoms with Crippen molar-refractivity contribution in [3.8, 4) is 5.75 Å². The van der Waals surface area contributed by atoms with Gasteiger partial charge in [0.05, 0.1) is 18.3 Å². The Labute approximate surface area is 174 Å². The summed E-state index contributed by atoms with van der Waals surface area (Å²) in [7, 11) is 1.58. The van der Waals surface area contributed by atoms with Crippen LogP contribution in [0.4, 0.5) is 10.5 Å². The van der Waals surface area contributed by atoms with Crippen molar-refractivity contribution in [1.29, 1.82) is 0 Å². The standard InChI is InChI=1S/C21H26N6O3/c1-30-16-5-3-2-4-15(16)22-20(29)26-10-8-21(9-11-26)12-17-23-19(14-6-7-14)25-27(17)13-18(28)24-21/h2-5,14H,6-13H2,1H3,(H,22,29)(H,24,28). The van der Waals surface area contributed by atoms with Crippen LogP contribution in [0.15, 0.2) is 24.3 Å². The molecule has 1 aliphatic carbocycles. The van der Waals surface area contributed by atoms with Crippen LogP contribution in [0.25, 0.3) is 0 Å². The minimum Gasteiger partial charge on any atom is -0.495 e. The van der Waals surface area contributed by atoms with Crippen LogP contribution in [0, 0.1) is 0 Å². The number of carbonyl (C=O) groups excluding carboxylic acids is 2. The largest absolute Gasteiger partial charge is 0.495 e. The first-order chi connectivity index (χ1) is 14.5. The van der Waals surface area contributed by atoms with Gasteiger partial charge in [-0.2, -0.15) is 5.10 Å². The van der Waals surface area contributed by atoms with Gasteiger partial charge in [-0.25, -0.2) is 14.5 Å². The fourth-order valence-corrected chi connectivity index (χ4v) is 4.37. The lowest BCUT2D eigenvalue weighted by atomic mass is 9.84. The first-order valence-electron chi connectivity index (χ1n) is 10.5. The summed E-state index contributed by atoms with van der Waals surface area (Å²) >= 11 is 0. The van der Waals surface area contributed by atoms with E-state index in [9.17, 15) is 9.59 Å². The highest BCUT2D eigenvalue weighted by Crippen LogP contribution is 2.39. The van der Waals surface area contributed by atoms with E-state index in [0.717, 1.165) is 24.5 Å². The number of carbonyl (C=O) groups is 2. The van der Waals surface area contributed by atoms with Crippen molar-refractivity contribution >= 4 is 17.6 Å². The average molecular weight is 410 g/mol. The molecule has 1 saturated carbocycles. The molecule has 3 aliphatic rings. The third-order valence-electron chi connectivity index (χ3n) is 6.26. The molecule has 2 N–H and O–H groups in total. The maximum Gasteiger partial charge on any atom is 0.321 e. The SMILES string of the molecule is COc1ccccc1NC(=O)N1CCC2(CC1)Cc1nc(C3CC3)nn1CC(=O)N2. The third kappa shape index (κ3) is 3.59. The van der Waals surface area contributed by atoms with Crippen molar-refractivity contribution in [2.24, 2.45) is 0 Å². The topological polar surface area (TPSA) is 101 Å². The molecule has 1 spiro atoms. The normalized spacial score (nSPS) is 20.3. The quantitative estimate of drug-likeness (QED) is 0.805. The van der Waals surface area contributed by atoms with E-state index in [1.807, 2.05) is 24.3 Å². The monoisotopic (exact) mass is 410 g/mol. The highest BCUT2D eigenvalue weighted by molar-refractivity contribution is 5.91. The molecule has 3 amide bonds. The Morgan fingerprint density at radius 3 is 2.77 bits per heavy atom. The molecule has 2 fully saturated rings.